The molecule has 8 nitrogen and oxygen atoms in total. The molecule has 37 heavy (non-hydrogen) atoms. The van der Waals surface area contributed by atoms with Crippen molar-refractivity contribution in [1.29, 1.82) is 0 Å². The van der Waals surface area contributed by atoms with E-state index in [0.717, 1.165) is 29.7 Å². The number of anilines is 1. The SMILES string of the molecule is CCOC(=O)c1c(NC(=O)C(=O)N/N=C(\C)c2ccc(OCc3ccccc3F)cc2)sc2c1CCC2. The molecule has 0 saturated carbocycles. The van der Waals surface area contributed by atoms with Crippen LogP contribution in [0.15, 0.2) is 53.6 Å². The molecule has 3 aromatic rings. The summed E-state index contributed by atoms with van der Waals surface area (Å²) in [7, 11) is 0. The standard InChI is InChI=1S/C27H26FN3O5S/c1-3-35-27(34)23-20-8-6-10-22(20)37-26(23)29-24(32)25(33)31-30-16(2)17-11-13-19(14-12-17)36-15-18-7-4-5-9-21(18)28/h4-5,7,9,11-14H,3,6,8,10,15H2,1-2H3,(H,29,32)(H,31,33)/b30-16+. The van der Waals surface area contributed by atoms with E-state index in [1.807, 2.05) is 0 Å². The third-order valence-electron chi connectivity index (χ3n) is 5.78. The molecule has 0 aliphatic heterocycles. The van der Waals surface area contributed by atoms with Crippen molar-refractivity contribution >= 4 is 39.8 Å². The van der Waals surface area contributed by atoms with Crippen LogP contribution in [0.3, 0.4) is 0 Å². The first-order valence-corrected chi connectivity index (χ1v) is 12.6. The number of nitrogens with one attached hydrogen (secondary N) is 2. The first kappa shape index (κ1) is 26.0. The molecule has 0 unspecified atom stereocenters. The van der Waals surface area contributed by atoms with Gasteiger partial charge in [0.25, 0.3) is 0 Å². The molecule has 1 heterocycles. The predicted octanol–water partition coefficient (Wildman–Crippen LogP) is 4.61. The van der Waals surface area contributed by atoms with E-state index in [-0.39, 0.29) is 19.0 Å². The maximum absolute atomic E-state index is 13.7. The number of hydrogen-bond acceptors (Lipinski definition) is 7. The Kier molecular flexibility index (Phi) is 8.29. The summed E-state index contributed by atoms with van der Waals surface area (Å²) in [4.78, 5) is 38.3. The molecule has 192 valence electrons. The number of carbonyl (C=O) groups is 3. The number of amides is 2. The van der Waals surface area contributed by atoms with Crippen LogP contribution in [0.1, 0.15) is 52.2 Å². The maximum Gasteiger partial charge on any atom is 0.341 e. The van der Waals surface area contributed by atoms with Gasteiger partial charge in [0.05, 0.1) is 17.9 Å². The first-order chi connectivity index (χ1) is 17.9. The molecule has 0 bridgehead atoms. The number of esters is 1. The summed E-state index contributed by atoms with van der Waals surface area (Å²) in [6.07, 6.45) is 2.50. The number of thiophene rings is 1. The van der Waals surface area contributed by atoms with Crippen LogP contribution < -0.4 is 15.5 Å². The van der Waals surface area contributed by atoms with Gasteiger partial charge in [0.15, 0.2) is 0 Å². The number of hydrazone groups is 1. The summed E-state index contributed by atoms with van der Waals surface area (Å²) in [6.45, 7) is 3.69. The molecular weight excluding hydrogens is 497 g/mol. The highest BCUT2D eigenvalue weighted by molar-refractivity contribution is 7.17. The number of carbonyl (C=O) groups excluding carboxylic acids is 3. The predicted molar refractivity (Wildman–Crippen MR) is 138 cm³/mol. The molecule has 2 aromatic carbocycles. The summed E-state index contributed by atoms with van der Waals surface area (Å²) < 4.78 is 24.5. The van der Waals surface area contributed by atoms with Gasteiger partial charge in [0, 0.05) is 10.4 Å². The van der Waals surface area contributed by atoms with E-state index in [1.54, 1.807) is 56.3 Å². The minimum absolute atomic E-state index is 0.0926. The second kappa shape index (κ2) is 11.8. The summed E-state index contributed by atoms with van der Waals surface area (Å²) in [5.41, 5.74) is 5.06. The molecular formula is C27H26FN3O5S. The fourth-order valence-electron chi connectivity index (χ4n) is 3.89. The molecule has 10 heteroatoms. The number of nitrogens with zero attached hydrogens (tertiary/aromatic N) is 1. The average molecular weight is 524 g/mol. The normalized spacial score (nSPS) is 12.6. The minimum atomic E-state index is -0.965. The lowest BCUT2D eigenvalue weighted by atomic mass is 10.1. The van der Waals surface area contributed by atoms with Crippen LogP contribution in [0.25, 0.3) is 0 Å². The van der Waals surface area contributed by atoms with Crippen LogP contribution in [-0.2, 0) is 33.8 Å². The molecule has 4 rings (SSSR count). The highest BCUT2D eigenvalue weighted by atomic mass is 32.1. The van der Waals surface area contributed by atoms with Gasteiger partial charge in [-0.15, -0.1) is 11.3 Å². The van der Waals surface area contributed by atoms with Crippen molar-refractivity contribution in [3.05, 3.63) is 81.5 Å². The number of ether oxygens (including phenoxy) is 2. The third kappa shape index (κ3) is 6.21. The lowest BCUT2D eigenvalue weighted by Gasteiger charge is -2.09. The van der Waals surface area contributed by atoms with Crippen LogP contribution in [0.4, 0.5) is 9.39 Å². The van der Waals surface area contributed by atoms with E-state index >= 15 is 0 Å². The van der Waals surface area contributed by atoms with Crippen LogP contribution in [0, 0.1) is 5.82 Å². The van der Waals surface area contributed by atoms with Gasteiger partial charge in [0.2, 0.25) is 0 Å². The number of rotatable bonds is 8. The first-order valence-electron chi connectivity index (χ1n) is 11.8. The van der Waals surface area contributed by atoms with Crippen molar-refractivity contribution in [2.75, 3.05) is 11.9 Å². The van der Waals surface area contributed by atoms with Crippen molar-refractivity contribution in [3.63, 3.8) is 0 Å². The Labute approximate surface area is 217 Å². The van der Waals surface area contributed by atoms with E-state index < -0.39 is 17.8 Å². The molecule has 0 fully saturated rings. The zero-order valence-corrected chi connectivity index (χ0v) is 21.2. The smallest absolute Gasteiger partial charge is 0.341 e. The third-order valence-corrected chi connectivity index (χ3v) is 6.99. The van der Waals surface area contributed by atoms with Gasteiger partial charge in [-0.1, -0.05) is 18.2 Å². The highest BCUT2D eigenvalue weighted by Gasteiger charge is 2.29. The van der Waals surface area contributed by atoms with Crippen molar-refractivity contribution in [3.8, 4) is 5.75 Å². The van der Waals surface area contributed by atoms with Crippen LogP contribution in [0.2, 0.25) is 0 Å². The quantitative estimate of drug-likeness (QED) is 0.194. The van der Waals surface area contributed by atoms with Gasteiger partial charge in [-0.2, -0.15) is 5.10 Å². The fraction of sp³-hybridized carbons (Fsp3) is 0.259. The lowest BCUT2D eigenvalue weighted by molar-refractivity contribution is -0.136. The van der Waals surface area contributed by atoms with Gasteiger partial charge in [-0.05, 0) is 74.6 Å². The molecule has 0 saturated heterocycles. The Morgan fingerprint density at radius 2 is 1.81 bits per heavy atom. The lowest BCUT2D eigenvalue weighted by Crippen LogP contribution is -2.33. The summed E-state index contributed by atoms with van der Waals surface area (Å²) in [6, 6.07) is 13.3. The largest absolute Gasteiger partial charge is 0.489 e. The van der Waals surface area contributed by atoms with Crippen molar-refractivity contribution in [2.24, 2.45) is 5.10 Å². The van der Waals surface area contributed by atoms with Crippen LogP contribution in [-0.4, -0.2) is 30.1 Å². The molecule has 2 amide bonds. The van der Waals surface area contributed by atoms with E-state index in [1.165, 1.54) is 17.4 Å². The van der Waals surface area contributed by atoms with E-state index in [0.29, 0.717) is 33.2 Å². The second-order valence-electron chi connectivity index (χ2n) is 8.28. The summed E-state index contributed by atoms with van der Waals surface area (Å²) >= 11 is 1.29. The van der Waals surface area contributed by atoms with Gasteiger partial charge in [-0.3, -0.25) is 9.59 Å². The average Bonchev–Trinajstić information content (AvgIpc) is 3.48. The summed E-state index contributed by atoms with van der Waals surface area (Å²) in [5, 5.41) is 6.86. The summed E-state index contributed by atoms with van der Waals surface area (Å²) in [5.74, 6) is -2.19. The zero-order valence-electron chi connectivity index (χ0n) is 20.4. The Morgan fingerprint density at radius 3 is 2.54 bits per heavy atom. The topological polar surface area (TPSA) is 106 Å². The van der Waals surface area contributed by atoms with Crippen LogP contribution in [0.5, 0.6) is 5.75 Å². The minimum Gasteiger partial charge on any atom is -0.489 e. The van der Waals surface area contributed by atoms with Gasteiger partial charge >= 0.3 is 17.8 Å². The zero-order chi connectivity index (χ0) is 26.4. The van der Waals surface area contributed by atoms with Crippen molar-refractivity contribution in [1.82, 2.24) is 5.43 Å². The molecule has 1 aliphatic carbocycles. The Bertz CT molecular complexity index is 1350. The maximum atomic E-state index is 13.7. The van der Waals surface area contributed by atoms with Crippen molar-refractivity contribution < 1.29 is 28.2 Å². The van der Waals surface area contributed by atoms with Crippen molar-refractivity contribution in [2.45, 2.75) is 39.7 Å². The number of aryl methyl sites for hydroxylation is 1. The molecule has 0 spiro atoms. The van der Waals surface area contributed by atoms with Gasteiger partial charge in [0.1, 0.15) is 23.2 Å². The van der Waals surface area contributed by atoms with E-state index in [9.17, 15) is 18.8 Å². The molecule has 0 atom stereocenters. The Hall–Kier alpha value is -4.05. The molecule has 0 radical (unpaired) electrons. The molecule has 1 aliphatic rings. The Balaban J connectivity index is 1.35. The molecule has 2 N–H and O–H groups in total. The highest BCUT2D eigenvalue weighted by Crippen LogP contribution is 2.39. The number of fused-ring (bicyclic) bond motifs is 1. The van der Waals surface area contributed by atoms with Gasteiger partial charge in [-0.25, -0.2) is 14.6 Å². The molecule has 1 aromatic heterocycles. The van der Waals surface area contributed by atoms with Crippen LogP contribution >= 0.6 is 11.3 Å². The monoisotopic (exact) mass is 523 g/mol. The van der Waals surface area contributed by atoms with E-state index in [2.05, 4.69) is 15.8 Å². The van der Waals surface area contributed by atoms with Gasteiger partial charge < -0.3 is 14.8 Å². The van der Waals surface area contributed by atoms with E-state index in [4.69, 9.17) is 9.47 Å². The fourth-order valence-corrected chi connectivity index (χ4v) is 5.16. The second-order valence-corrected chi connectivity index (χ2v) is 9.38. The number of hydrogen-bond donors (Lipinski definition) is 2. The Morgan fingerprint density at radius 1 is 1.05 bits per heavy atom. The number of benzene rings is 2. The number of halogens is 1.